The maximum atomic E-state index is 13.8. The first-order chi connectivity index (χ1) is 20.1. The van der Waals surface area contributed by atoms with E-state index in [4.69, 9.17) is 0 Å². The van der Waals surface area contributed by atoms with E-state index in [1.165, 1.54) is 6.07 Å². The van der Waals surface area contributed by atoms with Gasteiger partial charge in [0.25, 0.3) is 5.91 Å². The number of nitrogens with zero attached hydrogens (tertiary/aromatic N) is 4. The minimum absolute atomic E-state index is 0.113. The first kappa shape index (κ1) is 31.3. The first-order valence-corrected chi connectivity index (χ1v) is 13.4. The van der Waals surface area contributed by atoms with Crippen molar-refractivity contribution in [3.05, 3.63) is 89.1 Å². The monoisotopic (exact) mass is 597 g/mol. The number of hydrogen-bond acceptors (Lipinski definition) is 5. The Balaban J connectivity index is 1.59. The summed E-state index contributed by atoms with van der Waals surface area (Å²) in [6.45, 7) is 7.64. The van der Waals surface area contributed by atoms with Crippen LogP contribution in [0.2, 0.25) is 0 Å². The molecule has 0 unspecified atom stereocenters. The maximum Gasteiger partial charge on any atom is 0.418 e. The number of urea groups is 1. The van der Waals surface area contributed by atoms with Crippen LogP contribution in [0.15, 0.2) is 61.2 Å². The van der Waals surface area contributed by atoms with Gasteiger partial charge in [0.15, 0.2) is 5.82 Å². The Kier molecular flexibility index (Phi) is 8.67. The zero-order chi connectivity index (χ0) is 31.7. The van der Waals surface area contributed by atoms with E-state index in [9.17, 15) is 27.6 Å². The van der Waals surface area contributed by atoms with Gasteiger partial charge in [-0.05, 0) is 57.8 Å². The summed E-state index contributed by atoms with van der Waals surface area (Å²) in [4.78, 5) is 42.0. The van der Waals surface area contributed by atoms with Gasteiger partial charge < -0.3 is 25.8 Å². The molecule has 0 saturated carbocycles. The number of aryl methyl sites for hydroxylation is 1. The molecule has 2 aromatic carbocycles. The van der Waals surface area contributed by atoms with Crippen LogP contribution in [0, 0.1) is 0 Å². The van der Waals surface area contributed by atoms with Crippen LogP contribution >= 0.6 is 0 Å². The van der Waals surface area contributed by atoms with Crippen LogP contribution in [-0.2, 0) is 30.1 Å². The van der Waals surface area contributed by atoms with Crippen LogP contribution in [0.4, 0.5) is 29.5 Å². The van der Waals surface area contributed by atoms with Gasteiger partial charge in [-0.1, -0.05) is 36.9 Å². The first-order valence-electron chi connectivity index (χ1n) is 13.4. The van der Waals surface area contributed by atoms with Crippen molar-refractivity contribution in [2.75, 3.05) is 31.3 Å². The topological polar surface area (TPSA) is 112 Å². The van der Waals surface area contributed by atoms with Crippen LogP contribution in [-0.4, -0.2) is 58.1 Å². The molecule has 0 aliphatic carbocycles. The smallest absolute Gasteiger partial charge is 0.330 e. The van der Waals surface area contributed by atoms with Crippen molar-refractivity contribution in [2.24, 2.45) is 7.05 Å². The predicted octanol–water partition coefficient (Wildman–Crippen LogP) is 4.88. The molecular formula is C30H34F3N7O3. The Hall–Kier alpha value is -4.65. The lowest BCUT2D eigenvalue weighted by Crippen LogP contribution is -2.49. The second kappa shape index (κ2) is 11.9. The van der Waals surface area contributed by atoms with Crippen molar-refractivity contribution in [1.29, 1.82) is 0 Å². The zero-order valence-corrected chi connectivity index (χ0v) is 24.5. The number of alkyl halides is 3. The number of halogens is 3. The number of anilines is 2. The molecule has 228 valence electrons. The van der Waals surface area contributed by atoms with Gasteiger partial charge in [0.1, 0.15) is 0 Å². The fourth-order valence-electron chi connectivity index (χ4n) is 5.30. The SMILES string of the molecule is C=CC(=O)Nc1ccc(C(=O)Nc2nn(C)c3c2CN(C(=O)N[C@H](CN(C)C)c2ccccc2)C3(C)C)cc1C(F)(F)F. The lowest BCUT2D eigenvalue weighted by molar-refractivity contribution is -0.137. The summed E-state index contributed by atoms with van der Waals surface area (Å²) in [5.41, 5.74) is -0.592. The number of carbonyl (C=O) groups is 3. The third-order valence-corrected chi connectivity index (χ3v) is 7.27. The van der Waals surface area contributed by atoms with E-state index in [1.54, 1.807) is 16.6 Å². The lowest BCUT2D eigenvalue weighted by atomic mass is 10.0. The molecule has 1 aromatic heterocycles. The van der Waals surface area contributed by atoms with E-state index >= 15 is 0 Å². The van der Waals surface area contributed by atoms with Crippen LogP contribution < -0.4 is 16.0 Å². The Morgan fingerprint density at radius 1 is 1.12 bits per heavy atom. The van der Waals surface area contributed by atoms with E-state index in [2.05, 4.69) is 27.6 Å². The Morgan fingerprint density at radius 3 is 2.40 bits per heavy atom. The van der Waals surface area contributed by atoms with Crippen molar-refractivity contribution in [1.82, 2.24) is 24.9 Å². The van der Waals surface area contributed by atoms with E-state index in [0.717, 1.165) is 17.7 Å². The summed E-state index contributed by atoms with van der Waals surface area (Å²) in [5, 5.41) is 12.2. The van der Waals surface area contributed by atoms with E-state index < -0.39 is 34.8 Å². The molecule has 3 N–H and O–H groups in total. The highest BCUT2D eigenvalue weighted by atomic mass is 19.4. The number of hydrogen-bond donors (Lipinski definition) is 3. The minimum atomic E-state index is -4.84. The van der Waals surface area contributed by atoms with Gasteiger partial charge >= 0.3 is 12.2 Å². The Bertz CT molecular complexity index is 1550. The summed E-state index contributed by atoms with van der Waals surface area (Å²) in [7, 11) is 5.51. The molecule has 3 aromatic rings. The fourth-order valence-corrected chi connectivity index (χ4v) is 5.30. The molecule has 10 nitrogen and oxygen atoms in total. The van der Waals surface area contributed by atoms with Gasteiger partial charge in [-0.3, -0.25) is 14.3 Å². The number of benzene rings is 2. The van der Waals surface area contributed by atoms with Gasteiger partial charge in [0.05, 0.1) is 35.1 Å². The predicted molar refractivity (Wildman–Crippen MR) is 156 cm³/mol. The number of rotatable bonds is 8. The van der Waals surface area contributed by atoms with Crippen LogP contribution in [0.5, 0.6) is 0 Å². The molecular weight excluding hydrogens is 563 g/mol. The van der Waals surface area contributed by atoms with Gasteiger partial charge in [0.2, 0.25) is 5.91 Å². The van der Waals surface area contributed by atoms with Gasteiger partial charge in [-0.2, -0.15) is 18.3 Å². The number of aromatic nitrogens is 2. The third-order valence-electron chi connectivity index (χ3n) is 7.27. The number of carbonyl (C=O) groups excluding carboxylic acids is 3. The fraction of sp³-hybridized carbons (Fsp3) is 0.333. The number of likely N-dealkylation sites (N-methyl/N-ethyl adjacent to an activating group) is 1. The highest BCUT2D eigenvalue weighted by molar-refractivity contribution is 6.05. The largest absolute Gasteiger partial charge is 0.418 e. The number of nitrogens with one attached hydrogen (secondary N) is 3. The molecule has 1 aliphatic heterocycles. The summed E-state index contributed by atoms with van der Waals surface area (Å²) >= 11 is 0. The highest BCUT2D eigenvalue weighted by Gasteiger charge is 2.45. The lowest BCUT2D eigenvalue weighted by Gasteiger charge is -2.34. The van der Waals surface area contributed by atoms with E-state index in [-0.39, 0.29) is 30.0 Å². The molecule has 4 amide bonds. The summed E-state index contributed by atoms with van der Waals surface area (Å²) in [6.07, 6.45) is -3.99. The maximum absolute atomic E-state index is 13.8. The van der Waals surface area contributed by atoms with E-state index in [1.807, 2.05) is 63.2 Å². The standard InChI is InChI=1S/C30H34F3N7O3/c1-7-24(41)34-22-14-13-19(15-21(22)30(31,32)33)27(42)36-26-20-16-40(29(2,3)25(20)39(6)37-26)28(43)35-23(17-38(4)5)18-11-9-8-10-12-18/h7-15,23H,1,16-17H2,2-6H3,(H,34,41)(H,35,43)(H,36,37,42)/t23-/m1/s1. The van der Waals surface area contributed by atoms with Crippen molar-refractivity contribution < 1.29 is 27.6 Å². The second-order valence-electron chi connectivity index (χ2n) is 11.0. The molecule has 4 rings (SSSR count). The summed E-state index contributed by atoms with van der Waals surface area (Å²) in [5.74, 6) is -1.51. The molecule has 0 spiro atoms. The molecule has 43 heavy (non-hydrogen) atoms. The van der Waals surface area contributed by atoms with Crippen LogP contribution in [0.1, 0.15) is 52.6 Å². The highest BCUT2D eigenvalue weighted by Crippen LogP contribution is 2.42. The average molecular weight is 598 g/mol. The molecule has 0 bridgehead atoms. The quantitative estimate of drug-likeness (QED) is 0.321. The normalized spacial score (nSPS) is 14.7. The summed E-state index contributed by atoms with van der Waals surface area (Å²) in [6, 6.07) is 11.8. The van der Waals surface area contributed by atoms with Crippen LogP contribution in [0.3, 0.4) is 0 Å². The van der Waals surface area contributed by atoms with Gasteiger partial charge in [-0.25, -0.2) is 4.79 Å². The average Bonchev–Trinajstić information content (AvgIpc) is 3.41. The Morgan fingerprint density at radius 2 is 1.79 bits per heavy atom. The molecule has 2 heterocycles. The van der Waals surface area contributed by atoms with Crippen LogP contribution in [0.25, 0.3) is 0 Å². The van der Waals surface area contributed by atoms with Gasteiger partial charge in [-0.15, -0.1) is 0 Å². The Labute approximate surface area is 247 Å². The molecule has 1 atom stereocenters. The van der Waals surface area contributed by atoms with Crippen molar-refractivity contribution >= 4 is 29.4 Å². The van der Waals surface area contributed by atoms with Crippen molar-refractivity contribution in [3.8, 4) is 0 Å². The zero-order valence-electron chi connectivity index (χ0n) is 24.5. The van der Waals surface area contributed by atoms with Crippen molar-refractivity contribution in [2.45, 2.75) is 38.1 Å². The molecule has 0 fully saturated rings. The molecule has 1 aliphatic rings. The minimum Gasteiger partial charge on any atom is -0.330 e. The van der Waals surface area contributed by atoms with Crippen molar-refractivity contribution in [3.63, 3.8) is 0 Å². The second-order valence-corrected chi connectivity index (χ2v) is 11.0. The molecule has 0 saturated heterocycles. The summed E-state index contributed by atoms with van der Waals surface area (Å²) < 4.78 is 42.8. The third kappa shape index (κ3) is 6.56. The molecule has 13 heteroatoms. The number of amides is 4. The van der Waals surface area contributed by atoms with Gasteiger partial charge in [0, 0.05) is 24.7 Å². The number of fused-ring (bicyclic) bond motifs is 1. The van der Waals surface area contributed by atoms with E-state index in [0.29, 0.717) is 23.9 Å². The molecule has 0 radical (unpaired) electrons.